The Kier molecular flexibility index (Phi) is 4.11. The molecule has 0 saturated carbocycles. The molecule has 4 heterocycles. The van der Waals surface area contributed by atoms with Crippen molar-refractivity contribution in [3.05, 3.63) is 54.0 Å². The van der Waals surface area contributed by atoms with Gasteiger partial charge < -0.3 is 10.6 Å². The van der Waals surface area contributed by atoms with Crippen LogP contribution >= 0.6 is 0 Å². The van der Waals surface area contributed by atoms with Crippen molar-refractivity contribution in [3.8, 4) is 0 Å². The van der Waals surface area contributed by atoms with E-state index in [0.29, 0.717) is 11.3 Å². The molecule has 0 radical (unpaired) electrons. The first-order chi connectivity index (χ1) is 13.4. The molecule has 11 heteroatoms. The number of carbonyl (C=O) groups is 2. The number of hydrogen-bond acceptors (Lipinski definition) is 6. The smallest absolute Gasteiger partial charge is 0.276 e. The quantitative estimate of drug-likeness (QED) is 0.545. The zero-order valence-corrected chi connectivity index (χ0v) is 15.4. The Morgan fingerprint density at radius 1 is 1.00 bits per heavy atom. The number of aromatic nitrogens is 7. The highest BCUT2D eigenvalue weighted by Gasteiger charge is 2.21. The fourth-order valence-corrected chi connectivity index (χ4v) is 2.73. The maximum atomic E-state index is 12.7. The second-order valence-corrected chi connectivity index (χ2v) is 6.16. The number of nitrogens with one attached hydrogen (secondary N) is 2. The second-order valence-electron chi connectivity index (χ2n) is 6.16. The van der Waals surface area contributed by atoms with Gasteiger partial charge in [0.15, 0.2) is 11.3 Å². The van der Waals surface area contributed by atoms with Crippen LogP contribution in [0.3, 0.4) is 0 Å². The number of hydrogen-bond donors (Lipinski definition) is 2. The van der Waals surface area contributed by atoms with E-state index >= 15 is 0 Å². The summed E-state index contributed by atoms with van der Waals surface area (Å²) >= 11 is 0. The number of amides is 2. The minimum atomic E-state index is -0.467. The van der Waals surface area contributed by atoms with Crippen LogP contribution in [-0.2, 0) is 14.1 Å². The molecule has 0 spiro atoms. The van der Waals surface area contributed by atoms with Crippen LogP contribution in [0.25, 0.3) is 5.65 Å². The van der Waals surface area contributed by atoms with E-state index in [-0.39, 0.29) is 17.1 Å². The van der Waals surface area contributed by atoms with Crippen LogP contribution in [0.2, 0.25) is 0 Å². The summed E-state index contributed by atoms with van der Waals surface area (Å²) < 4.78 is 4.54. The molecule has 0 atom stereocenters. The van der Waals surface area contributed by atoms with Gasteiger partial charge in [-0.1, -0.05) is 0 Å². The van der Waals surface area contributed by atoms with Gasteiger partial charge in [-0.05, 0) is 13.0 Å². The average molecular weight is 379 g/mol. The van der Waals surface area contributed by atoms with Crippen molar-refractivity contribution in [1.82, 2.24) is 34.2 Å². The molecule has 0 aliphatic carbocycles. The van der Waals surface area contributed by atoms with Crippen LogP contribution in [0.15, 0.2) is 36.9 Å². The summed E-state index contributed by atoms with van der Waals surface area (Å²) in [4.78, 5) is 29.5. The lowest BCUT2D eigenvalue weighted by atomic mass is 10.3. The molecule has 4 aromatic rings. The van der Waals surface area contributed by atoms with Crippen LogP contribution in [0.5, 0.6) is 0 Å². The molecule has 2 amide bonds. The third kappa shape index (κ3) is 2.98. The lowest BCUT2D eigenvalue weighted by molar-refractivity contribution is 0.101. The monoisotopic (exact) mass is 379 g/mol. The van der Waals surface area contributed by atoms with Crippen LogP contribution in [0.1, 0.15) is 26.7 Å². The average Bonchev–Trinajstić information content (AvgIpc) is 3.35. The normalized spacial score (nSPS) is 11.0. The molecule has 0 aromatic carbocycles. The molecule has 0 unspecified atom stereocenters. The summed E-state index contributed by atoms with van der Waals surface area (Å²) in [5.41, 5.74) is 2.59. The molecule has 0 aliphatic rings. The predicted octanol–water partition coefficient (Wildman–Crippen LogP) is 1.01. The van der Waals surface area contributed by atoms with Crippen molar-refractivity contribution in [2.24, 2.45) is 14.1 Å². The first kappa shape index (κ1) is 17.4. The largest absolute Gasteiger partial charge is 0.318 e. The Hall–Kier alpha value is -4.02. The number of fused-ring (bicyclic) bond motifs is 1. The first-order valence-corrected chi connectivity index (χ1v) is 8.37. The van der Waals surface area contributed by atoms with Gasteiger partial charge in [-0.2, -0.15) is 15.3 Å². The standard InChI is InChI=1S/C17H17N9O2/c1-10-12(8-19-24(10)2)21-17(28)15-13(9-20-25(15)3)22-16(27)11-7-14-18-5-4-6-26(14)23-11/h4-9H,1-3H3,(H,21,28)(H,22,27). The molecule has 2 N–H and O–H groups in total. The molecule has 0 aliphatic heterocycles. The van der Waals surface area contributed by atoms with Gasteiger partial charge in [0, 0.05) is 32.6 Å². The Labute approximate surface area is 159 Å². The van der Waals surface area contributed by atoms with Crippen molar-refractivity contribution in [2.45, 2.75) is 6.92 Å². The molecule has 4 rings (SSSR count). The van der Waals surface area contributed by atoms with Crippen LogP contribution in [0.4, 0.5) is 11.4 Å². The van der Waals surface area contributed by atoms with Gasteiger partial charge in [-0.3, -0.25) is 19.0 Å². The van der Waals surface area contributed by atoms with E-state index < -0.39 is 11.8 Å². The van der Waals surface area contributed by atoms with Crippen molar-refractivity contribution in [3.63, 3.8) is 0 Å². The molecular formula is C17H17N9O2. The summed E-state index contributed by atoms with van der Waals surface area (Å²) in [6.45, 7) is 1.84. The van der Waals surface area contributed by atoms with Gasteiger partial charge >= 0.3 is 0 Å². The Morgan fingerprint density at radius 3 is 2.43 bits per heavy atom. The molecular weight excluding hydrogens is 362 g/mol. The number of nitrogens with zero attached hydrogens (tertiary/aromatic N) is 7. The van der Waals surface area contributed by atoms with Crippen LogP contribution in [0, 0.1) is 6.92 Å². The van der Waals surface area contributed by atoms with E-state index in [1.807, 2.05) is 6.92 Å². The Balaban J connectivity index is 1.58. The highest BCUT2D eigenvalue weighted by Crippen LogP contribution is 2.19. The summed E-state index contributed by atoms with van der Waals surface area (Å²) in [5, 5.41) is 17.8. The van der Waals surface area contributed by atoms with Gasteiger partial charge in [0.2, 0.25) is 0 Å². The van der Waals surface area contributed by atoms with Crippen LogP contribution < -0.4 is 10.6 Å². The lowest BCUT2D eigenvalue weighted by Gasteiger charge is -2.08. The van der Waals surface area contributed by atoms with E-state index in [9.17, 15) is 9.59 Å². The zero-order valence-electron chi connectivity index (χ0n) is 15.4. The van der Waals surface area contributed by atoms with E-state index in [1.54, 1.807) is 49.5 Å². The van der Waals surface area contributed by atoms with Crippen LogP contribution in [-0.4, -0.2) is 46.0 Å². The third-order valence-electron chi connectivity index (χ3n) is 4.35. The summed E-state index contributed by atoms with van der Waals surface area (Å²) in [6.07, 6.45) is 6.28. The minimum absolute atomic E-state index is 0.178. The summed E-state index contributed by atoms with van der Waals surface area (Å²) in [6, 6.07) is 3.27. The Morgan fingerprint density at radius 2 is 1.71 bits per heavy atom. The first-order valence-electron chi connectivity index (χ1n) is 8.37. The zero-order chi connectivity index (χ0) is 19.8. The number of aryl methyl sites for hydroxylation is 2. The topological polar surface area (TPSA) is 124 Å². The number of rotatable bonds is 4. The molecule has 4 aromatic heterocycles. The Bertz CT molecular complexity index is 1170. The third-order valence-corrected chi connectivity index (χ3v) is 4.35. The predicted molar refractivity (Wildman–Crippen MR) is 100 cm³/mol. The minimum Gasteiger partial charge on any atom is -0.318 e. The van der Waals surface area contributed by atoms with E-state index in [2.05, 4.69) is 30.9 Å². The van der Waals surface area contributed by atoms with Gasteiger partial charge in [0.25, 0.3) is 11.8 Å². The highest BCUT2D eigenvalue weighted by molar-refractivity contribution is 6.11. The molecule has 0 fully saturated rings. The number of carbonyl (C=O) groups excluding carboxylic acids is 2. The van der Waals surface area contributed by atoms with E-state index in [1.165, 1.54) is 15.4 Å². The van der Waals surface area contributed by atoms with Crippen molar-refractivity contribution in [1.29, 1.82) is 0 Å². The highest BCUT2D eigenvalue weighted by atomic mass is 16.2. The molecule has 11 nitrogen and oxygen atoms in total. The molecule has 28 heavy (non-hydrogen) atoms. The summed E-state index contributed by atoms with van der Waals surface area (Å²) in [7, 11) is 3.40. The van der Waals surface area contributed by atoms with Crippen molar-refractivity contribution < 1.29 is 9.59 Å². The van der Waals surface area contributed by atoms with Crippen molar-refractivity contribution >= 4 is 28.8 Å². The van der Waals surface area contributed by atoms with Gasteiger partial charge in [-0.25, -0.2) is 9.50 Å². The maximum absolute atomic E-state index is 12.7. The fraction of sp³-hybridized carbons (Fsp3) is 0.176. The fourth-order valence-electron chi connectivity index (χ4n) is 2.73. The van der Waals surface area contributed by atoms with Gasteiger partial charge in [0.1, 0.15) is 5.69 Å². The number of anilines is 2. The van der Waals surface area contributed by atoms with Gasteiger partial charge in [-0.15, -0.1) is 0 Å². The SMILES string of the molecule is Cc1c(NC(=O)c2c(NC(=O)c3cc4ncccn4n3)cnn2C)cnn1C. The molecule has 142 valence electrons. The maximum Gasteiger partial charge on any atom is 0.276 e. The lowest BCUT2D eigenvalue weighted by Crippen LogP contribution is -2.20. The van der Waals surface area contributed by atoms with E-state index in [4.69, 9.17) is 0 Å². The van der Waals surface area contributed by atoms with E-state index in [0.717, 1.165) is 5.69 Å². The van der Waals surface area contributed by atoms with Crippen molar-refractivity contribution in [2.75, 3.05) is 10.6 Å². The summed E-state index contributed by atoms with van der Waals surface area (Å²) in [5.74, 6) is -0.881. The molecule has 0 saturated heterocycles. The molecule has 0 bridgehead atoms. The second kappa shape index (κ2) is 6.61. The van der Waals surface area contributed by atoms with Gasteiger partial charge in [0.05, 0.1) is 29.5 Å².